The quantitative estimate of drug-likeness (QED) is 0.158. The highest BCUT2D eigenvalue weighted by Crippen LogP contribution is 2.66. The van der Waals surface area contributed by atoms with Gasteiger partial charge in [0.2, 0.25) is 0 Å². The highest BCUT2D eigenvalue weighted by Gasteiger charge is 2.74. The summed E-state index contributed by atoms with van der Waals surface area (Å²) in [5, 5.41) is 20.6. The second-order valence-electron chi connectivity index (χ2n) is 15.4. The summed E-state index contributed by atoms with van der Waals surface area (Å²) in [7, 11) is 0. The molecule has 3 fully saturated rings. The zero-order valence-corrected chi connectivity index (χ0v) is 28.8. The number of aliphatic hydroxyl groups excluding tert-OH is 2. The Labute approximate surface area is 267 Å². The summed E-state index contributed by atoms with van der Waals surface area (Å²) >= 11 is 0. The van der Waals surface area contributed by atoms with Crippen LogP contribution in [0.1, 0.15) is 94.9 Å². The topological polar surface area (TPSA) is 62.2 Å². The van der Waals surface area contributed by atoms with Gasteiger partial charge in [-0.1, -0.05) is 111 Å². The van der Waals surface area contributed by atoms with Gasteiger partial charge >= 0.3 is 0 Å². The molecule has 0 amide bonds. The molecule has 4 nitrogen and oxygen atoms in total. The van der Waals surface area contributed by atoms with Gasteiger partial charge in [0.15, 0.2) is 0 Å². The Kier molecular flexibility index (Phi) is 9.93. The van der Waals surface area contributed by atoms with Crippen LogP contribution in [-0.2, 0) is 9.47 Å². The van der Waals surface area contributed by atoms with E-state index >= 15 is 0 Å². The SMILES string of the molecule is CC(C=CC=C(C)C=C[C@@]12O[C@]1(C)C[C@@H](O)CC2(C)C)=CC=CC=C(C)C=CC=C(C)C1C=C2C(C)(C)C[C@H](O)C[C@@]2(C)O1. The number of hydrogen-bond donors (Lipinski definition) is 2. The first kappa shape index (κ1) is 34.4. The Bertz CT molecular complexity index is 1380. The number of ether oxygens (including phenoxy) is 2. The predicted octanol–water partition coefficient (Wildman–Crippen LogP) is 8.97. The van der Waals surface area contributed by atoms with Crippen LogP contribution in [0.5, 0.6) is 0 Å². The molecule has 6 atom stereocenters. The largest absolute Gasteiger partial charge is 0.393 e. The Balaban J connectivity index is 1.27. The molecule has 0 aromatic rings. The molecule has 1 unspecified atom stereocenters. The van der Waals surface area contributed by atoms with E-state index in [1.165, 1.54) is 27.9 Å². The molecule has 2 N–H and O–H groups in total. The molecule has 4 heteroatoms. The molecule has 0 spiro atoms. The molecule has 240 valence electrons. The fraction of sp³-hybridized carbons (Fsp3) is 0.550. The van der Waals surface area contributed by atoms with Crippen LogP contribution in [0.3, 0.4) is 0 Å². The van der Waals surface area contributed by atoms with Crippen molar-refractivity contribution in [2.24, 2.45) is 10.8 Å². The van der Waals surface area contributed by atoms with Crippen molar-refractivity contribution < 1.29 is 19.7 Å². The van der Waals surface area contributed by atoms with Crippen LogP contribution in [0.4, 0.5) is 0 Å². The van der Waals surface area contributed by atoms with Crippen LogP contribution in [0.15, 0.2) is 107 Å². The first-order chi connectivity index (χ1) is 20.4. The minimum Gasteiger partial charge on any atom is -0.393 e. The first-order valence-corrected chi connectivity index (χ1v) is 16.3. The second kappa shape index (κ2) is 12.7. The molecule has 0 bridgehead atoms. The Morgan fingerprint density at radius 3 is 1.86 bits per heavy atom. The maximum Gasteiger partial charge on any atom is 0.121 e. The Hall–Kier alpha value is -2.50. The van der Waals surface area contributed by atoms with Crippen molar-refractivity contribution in [2.75, 3.05) is 0 Å². The van der Waals surface area contributed by atoms with Crippen LogP contribution in [0.2, 0.25) is 0 Å². The number of epoxide rings is 1. The van der Waals surface area contributed by atoms with Gasteiger partial charge in [-0.2, -0.15) is 0 Å². The molecule has 4 aliphatic rings. The summed E-state index contributed by atoms with van der Waals surface area (Å²) in [5.41, 5.74) is 4.89. The number of aliphatic hydroxyl groups is 2. The molecule has 1 saturated heterocycles. The Morgan fingerprint density at radius 2 is 1.25 bits per heavy atom. The van der Waals surface area contributed by atoms with E-state index in [1.807, 2.05) is 0 Å². The van der Waals surface area contributed by atoms with Crippen LogP contribution in [0.25, 0.3) is 0 Å². The van der Waals surface area contributed by atoms with E-state index in [4.69, 9.17) is 9.47 Å². The lowest BCUT2D eigenvalue weighted by Crippen LogP contribution is -2.46. The third-order valence-corrected chi connectivity index (χ3v) is 10.2. The smallest absolute Gasteiger partial charge is 0.121 e. The molecule has 0 aromatic carbocycles. The fourth-order valence-electron chi connectivity index (χ4n) is 7.95. The van der Waals surface area contributed by atoms with E-state index in [-0.39, 0.29) is 45.9 Å². The summed E-state index contributed by atoms with van der Waals surface area (Å²) < 4.78 is 12.7. The maximum atomic E-state index is 10.4. The van der Waals surface area contributed by atoms with Gasteiger partial charge in [-0.3, -0.25) is 0 Å². The lowest BCUT2D eigenvalue weighted by molar-refractivity contribution is -0.0683. The molecule has 2 aliphatic heterocycles. The fourth-order valence-corrected chi connectivity index (χ4v) is 7.95. The van der Waals surface area contributed by atoms with E-state index in [0.717, 1.165) is 12.8 Å². The van der Waals surface area contributed by atoms with Gasteiger partial charge < -0.3 is 19.7 Å². The van der Waals surface area contributed by atoms with Crippen molar-refractivity contribution in [3.05, 3.63) is 107 Å². The lowest BCUT2D eigenvalue weighted by Gasteiger charge is -2.44. The molecule has 2 heterocycles. The van der Waals surface area contributed by atoms with Crippen LogP contribution in [0, 0.1) is 10.8 Å². The third kappa shape index (κ3) is 7.31. The second-order valence-corrected chi connectivity index (χ2v) is 15.4. The average Bonchev–Trinajstić information content (AvgIpc) is 3.34. The van der Waals surface area contributed by atoms with E-state index in [2.05, 4.69) is 148 Å². The van der Waals surface area contributed by atoms with Crippen LogP contribution in [-0.4, -0.2) is 45.3 Å². The molecule has 44 heavy (non-hydrogen) atoms. The molecule has 2 saturated carbocycles. The summed E-state index contributed by atoms with van der Waals surface area (Å²) in [6.07, 6.45) is 29.9. The summed E-state index contributed by atoms with van der Waals surface area (Å²) in [6.45, 7) is 21.5. The molecule has 0 aromatic heterocycles. The van der Waals surface area contributed by atoms with Gasteiger partial charge in [-0.05, 0) is 83.1 Å². The van der Waals surface area contributed by atoms with Crippen molar-refractivity contribution >= 4 is 0 Å². The predicted molar refractivity (Wildman–Crippen MR) is 183 cm³/mol. The van der Waals surface area contributed by atoms with Gasteiger partial charge in [0.25, 0.3) is 0 Å². The normalized spacial score (nSPS) is 37.7. The van der Waals surface area contributed by atoms with E-state index in [0.29, 0.717) is 12.8 Å². The van der Waals surface area contributed by atoms with Gasteiger partial charge in [0.05, 0.1) is 23.9 Å². The van der Waals surface area contributed by atoms with E-state index in [1.54, 1.807) is 0 Å². The lowest BCUT2D eigenvalue weighted by atomic mass is 9.63. The number of fused-ring (bicyclic) bond motifs is 2. The summed E-state index contributed by atoms with van der Waals surface area (Å²) in [5.74, 6) is 0. The van der Waals surface area contributed by atoms with Crippen molar-refractivity contribution in [3.63, 3.8) is 0 Å². The molecule has 2 aliphatic carbocycles. The highest BCUT2D eigenvalue weighted by molar-refractivity contribution is 5.38. The zero-order chi connectivity index (χ0) is 32.6. The molecule has 4 rings (SSSR count). The number of hydrogen-bond acceptors (Lipinski definition) is 4. The van der Waals surface area contributed by atoms with Crippen molar-refractivity contribution in [1.29, 1.82) is 0 Å². The first-order valence-electron chi connectivity index (χ1n) is 16.3. The zero-order valence-electron chi connectivity index (χ0n) is 28.8. The van der Waals surface area contributed by atoms with Gasteiger partial charge in [0.1, 0.15) is 11.2 Å². The molecular formula is C40H56O4. The van der Waals surface area contributed by atoms with Crippen molar-refractivity contribution in [2.45, 2.75) is 130 Å². The minimum absolute atomic E-state index is 0.0500. The minimum atomic E-state index is -0.385. The van der Waals surface area contributed by atoms with Gasteiger partial charge in [0, 0.05) is 18.3 Å². The van der Waals surface area contributed by atoms with Crippen molar-refractivity contribution in [1.82, 2.24) is 0 Å². The third-order valence-electron chi connectivity index (χ3n) is 10.2. The number of rotatable bonds is 9. The van der Waals surface area contributed by atoms with E-state index < -0.39 is 0 Å². The van der Waals surface area contributed by atoms with Crippen LogP contribution < -0.4 is 0 Å². The monoisotopic (exact) mass is 600 g/mol. The van der Waals surface area contributed by atoms with Gasteiger partial charge in [-0.15, -0.1) is 0 Å². The highest BCUT2D eigenvalue weighted by atomic mass is 16.6. The maximum absolute atomic E-state index is 10.4. The Morgan fingerprint density at radius 1 is 0.705 bits per heavy atom. The van der Waals surface area contributed by atoms with Crippen molar-refractivity contribution in [3.8, 4) is 0 Å². The summed E-state index contributed by atoms with van der Waals surface area (Å²) in [6, 6.07) is 0. The van der Waals surface area contributed by atoms with Crippen LogP contribution >= 0.6 is 0 Å². The standard InChI is InChI=1S/C40H56O4/c1-28(17-13-18-30(3)21-22-40-37(7,8)25-33(42)27-39(40,10)44-40)15-11-12-16-29(2)19-14-20-31(4)34-23-35-36(5,6)24-32(41)26-38(35,9)43-34/h11-23,32-34,41-42H,24-27H2,1-10H3/t32-,33-,34?,38+,39+,40-/m0/s1. The molecular weight excluding hydrogens is 544 g/mol. The van der Waals surface area contributed by atoms with E-state index in [9.17, 15) is 10.2 Å². The molecule has 0 radical (unpaired) electrons. The number of allylic oxidation sites excluding steroid dienone is 14. The summed E-state index contributed by atoms with van der Waals surface area (Å²) in [4.78, 5) is 0. The van der Waals surface area contributed by atoms with Gasteiger partial charge in [-0.25, -0.2) is 0 Å². The average molecular weight is 601 g/mol.